The molecule has 1 aliphatic rings. The molecule has 12 nitrogen and oxygen atoms in total. The van der Waals surface area contributed by atoms with Gasteiger partial charge in [0.1, 0.15) is 24.1 Å². The van der Waals surface area contributed by atoms with Gasteiger partial charge in [-0.1, -0.05) is 6.92 Å². The minimum absolute atomic E-state index is 0. The summed E-state index contributed by atoms with van der Waals surface area (Å²) in [5.74, 6) is 0.0242. The van der Waals surface area contributed by atoms with Crippen LogP contribution in [0.15, 0.2) is 6.33 Å². The van der Waals surface area contributed by atoms with Crippen LogP contribution in [0.1, 0.15) is 19.0 Å². The number of imidazole rings is 1. The summed E-state index contributed by atoms with van der Waals surface area (Å²) in [6, 6.07) is 0. The molecule has 0 aromatic carbocycles. The van der Waals surface area contributed by atoms with Gasteiger partial charge >= 0.3 is 7.82 Å². The molecule has 3 heterocycles. The molecule has 0 amide bonds. The number of nitrogens with zero attached hydrogens (tertiary/aromatic N) is 4. The van der Waals surface area contributed by atoms with E-state index in [-0.39, 0.29) is 76.2 Å². The van der Waals surface area contributed by atoms with Crippen molar-refractivity contribution in [1.29, 1.82) is 0 Å². The second-order valence-electron chi connectivity index (χ2n) is 5.47. The maximum atomic E-state index is 10.8. The van der Waals surface area contributed by atoms with E-state index in [0.717, 1.165) is 0 Å². The van der Waals surface area contributed by atoms with Gasteiger partial charge in [-0.25, -0.2) is 14.5 Å². The Labute approximate surface area is 197 Å². The van der Waals surface area contributed by atoms with Gasteiger partial charge in [-0.15, -0.1) is 0 Å². The number of aliphatic hydroxyl groups is 2. The zero-order valence-corrected chi connectivity index (χ0v) is 19.9. The standard InChI is InChI=1S/C12H17N4O8P.2Na/c1-2-6-14-10-7(11(19)15-6)13-4-16(10)12-9(18)8(17)5(24-12)3-23-25(20,21)22;;/h4-5,8-9,12,17-18H,2-3H2,1H3,(H,14,15,19)(H2,20,21,22);;/t5-,8-,9-,12-;;/m1../s1. The molecule has 1 aliphatic heterocycles. The van der Waals surface area contributed by atoms with Crippen LogP contribution in [-0.4, -0.2) is 129 Å². The maximum Gasteiger partial charge on any atom is 0.469 e. The number of ether oxygens (including phenoxy) is 1. The van der Waals surface area contributed by atoms with Crippen molar-refractivity contribution in [3.8, 4) is 5.88 Å². The molecule has 27 heavy (non-hydrogen) atoms. The number of phosphoric ester groups is 1. The first-order valence-electron chi connectivity index (χ1n) is 7.35. The van der Waals surface area contributed by atoms with Crippen molar-refractivity contribution in [2.75, 3.05) is 6.61 Å². The molecule has 1 saturated heterocycles. The molecule has 4 atom stereocenters. The SMILES string of the molecule is CCc1nc(O)c2ncn([C@@H]3O[C@H](COP(=O)(O)O)[C@@H](O)[C@H]3O)c2n1.[Na].[Na]. The van der Waals surface area contributed by atoms with Crippen LogP contribution in [0.4, 0.5) is 0 Å². The summed E-state index contributed by atoms with van der Waals surface area (Å²) in [5.41, 5.74) is 0.287. The fourth-order valence-corrected chi connectivity index (χ4v) is 2.90. The zero-order chi connectivity index (χ0) is 18.4. The largest absolute Gasteiger partial charge is 0.492 e. The van der Waals surface area contributed by atoms with Gasteiger partial charge in [0.15, 0.2) is 17.4 Å². The summed E-state index contributed by atoms with van der Waals surface area (Å²) in [6.07, 6.45) is -3.48. The number of phosphoric acid groups is 1. The van der Waals surface area contributed by atoms with Gasteiger partial charge in [-0.05, 0) is 0 Å². The molecule has 3 rings (SSSR count). The van der Waals surface area contributed by atoms with E-state index >= 15 is 0 Å². The van der Waals surface area contributed by atoms with Crippen molar-refractivity contribution in [2.45, 2.75) is 37.9 Å². The number of aromatic hydroxyl groups is 1. The van der Waals surface area contributed by atoms with E-state index in [4.69, 9.17) is 14.5 Å². The molecule has 2 aromatic heterocycles. The Bertz CT molecular complexity index is 833. The molecule has 2 radical (unpaired) electrons. The molecular weight excluding hydrogens is 405 g/mol. The molecular formula is C12H17N4Na2O8P. The predicted octanol–water partition coefficient (Wildman–Crippen LogP) is -1.94. The number of hydrogen-bond acceptors (Lipinski definition) is 9. The summed E-state index contributed by atoms with van der Waals surface area (Å²) in [6.45, 7) is 1.17. The molecule has 15 heteroatoms. The maximum absolute atomic E-state index is 10.8. The van der Waals surface area contributed by atoms with Crippen LogP contribution in [0.3, 0.4) is 0 Å². The molecule has 0 spiro atoms. The topological polar surface area (TPSA) is 180 Å². The fourth-order valence-electron chi connectivity index (χ4n) is 2.56. The van der Waals surface area contributed by atoms with Crippen molar-refractivity contribution in [3.05, 3.63) is 12.2 Å². The average molecular weight is 422 g/mol. The van der Waals surface area contributed by atoms with Gasteiger partial charge in [0, 0.05) is 65.5 Å². The van der Waals surface area contributed by atoms with Crippen LogP contribution in [0.25, 0.3) is 11.2 Å². The minimum atomic E-state index is -4.75. The molecule has 0 saturated carbocycles. The second kappa shape index (κ2) is 9.90. The van der Waals surface area contributed by atoms with Crippen LogP contribution in [0, 0.1) is 0 Å². The van der Waals surface area contributed by atoms with E-state index in [1.165, 1.54) is 10.9 Å². The summed E-state index contributed by atoms with van der Waals surface area (Å²) in [7, 11) is -4.75. The van der Waals surface area contributed by atoms with Gasteiger partial charge in [-0.3, -0.25) is 9.09 Å². The van der Waals surface area contributed by atoms with Gasteiger partial charge in [-0.2, -0.15) is 4.98 Å². The normalized spacial score (nSPS) is 25.2. The van der Waals surface area contributed by atoms with Crippen LogP contribution < -0.4 is 0 Å². The first kappa shape index (κ1) is 25.4. The molecule has 0 unspecified atom stereocenters. The Hall–Kier alpha value is 0.340. The predicted molar refractivity (Wildman–Crippen MR) is 91.8 cm³/mol. The minimum Gasteiger partial charge on any atom is -0.492 e. The van der Waals surface area contributed by atoms with Crippen LogP contribution in [-0.2, 0) is 20.2 Å². The third-order valence-electron chi connectivity index (χ3n) is 3.78. The zero-order valence-electron chi connectivity index (χ0n) is 15.0. The van der Waals surface area contributed by atoms with Crippen molar-refractivity contribution in [1.82, 2.24) is 19.5 Å². The van der Waals surface area contributed by atoms with Crippen molar-refractivity contribution < 1.29 is 38.9 Å². The monoisotopic (exact) mass is 422 g/mol. The van der Waals surface area contributed by atoms with E-state index < -0.39 is 39.0 Å². The molecule has 0 aliphatic carbocycles. The Morgan fingerprint density at radius 2 is 1.93 bits per heavy atom. The Balaban J connectivity index is 0.00000182. The number of rotatable bonds is 5. The first-order valence-corrected chi connectivity index (χ1v) is 8.88. The Morgan fingerprint density at radius 3 is 2.52 bits per heavy atom. The van der Waals surface area contributed by atoms with E-state index in [2.05, 4.69) is 19.5 Å². The number of aromatic nitrogens is 4. The Morgan fingerprint density at radius 1 is 1.26 bits per heavy atom. The van der Waals surface area contributed by atoms with E-state index in [1.54, 1.807) is 6.92 Å². The number of hydrogen-bond donors (Lipinski definition) is 5. The molecule has 140 valence electrons. The van der Waals surface area contributed by atoms with E-state index in [1.807, 2.05) is 0 Å². The van der Waals surface area contributed by atoms with E-state index in [9.17, 15) is 19.9 Å². The van der Waals surface area contributed by atoms with Crippen molar-refractivity contribution in [2.24, 2.45) is 0 Å². The summed E-state index contributed by atoms with van der Waals surface area (Å²) in [5, 5.41) is 30.1. The molecule has 1 fully saturated rings. The van der Waals surface area contributed by atoms with E-state index in [0.29, 0.717) is 12.2 Å². The van der Waals surface area contributed by atoms with Crippen molar-refractivity contribution in [3.63, 3.8) is 0 Å². The molecule has 2 aromatic rings. The van der Waals surface area contributed by atoms with Gasteiger partial charge in [0.05, 0.1) is 12.9 Å². The van der Waals surface area contributed by atoms with Gasteiger partial charge in [0.2, 0.25) is 5.88 Å². The summed E-state index contributed by atoms with van der Waals surface area (Å²) >= 11 is 0. The second-order valence-corrected chi connectivity index (χ2v) is 6.71. The van der Waals surface area contributed by atoms with Crippen LogP contribution in [0.2, 0.25) is 0 Å². The number of aliphatic hydroxyl groups excluding tert-OH is 2. The summed E-state index contributed by atoms with van der Waals surface area (Å²) in [4.78, 5) is 29.5. The number of aryl methyl sites for hydroxylation is 1. The summed E-state index contributed by atoms with van der Waals surface area (Å²) < 4.78 is 21.9. The molecule has 0 bridgehead atoms. The Kier molecular flexibility index (Phi) is 9.30. The van der Waals surface area contributed by atoms with Crippen LogP contribution in [0.5, 0.6) is 5.88 Å². The van der Waals surface area contributed by atoms with Crippen LogP contribution >= 0.6 is 7.82 Å². The average Bonchev–Trinajstić information content (AvgIpc) is 3.08. The van der Waals surface area contributed by atoms with Gasteiger partial charge < -0.3 is 29.8 Å². The third kappa shape index (κ3) is 5.48. The molecule has 5 N–H and O–H groups in total. The third-order valence-corrected chi connectivity index (χ3v) is 4.27. The van der Waals surface area contributed by atoms with Gasteiger partial charge in [0.25, 0.3) is 0 Å². The first-order chi connectivity index (χ1) is 11.7. The quantitative estimate of drug-likeness (QED) is 0.267. The number of fused-ring (bicyclic) bond motifs is 1. The van der Waals surface area contributed by atoms with Crippen molar-refractivity contribution >= 4 is 78.1 Å². The fraction of sp³-hybridized carbons (Fsp3) is 0.583. The smallest absolute Gasteiger partial charge is 0.469 e.